The zero-order valence-electron chi connectivity index (χ0n) is 17.8. The van der Waals surface area contributed by atoms with E-state index in [1.807, 2.05) is 4.90 Å². The SMILES string of the molecule is O=C(Nc1ccc(S(=O)(=O)N2CCOCC2)cc1)c1cc(N2CCOCC2)ccc1[N+](=O)[O-]. The molecule has 0 aromatic heterocycles. The van der Waals surface area contributed by atoms with Crippen LogP contribution < -0.4 is 10.2 Å². The van der Waals surface area contributed by atoms with Crippen LogP contribution in [-0.4, -0.2) is 76.2 Å². The van der Waals surface area contributed by atoms with Gasteiger partial charge in [0, 0.05) is 43.6 Å². The zero-order chi connectivity index (χ0) is 23.4. The van der Waals surface area contributed by atoms with E-state index in [4.69, 9.17) is 9.47 Å². The van der Waals surface area contributed by atoms with Crippen molar-refractivity contribution in [3.8, 4) is 0 Å². The first-order valence-corrected chi connectivity index (χ1v) is 11.9. The van der Waals surface area contributed by atoms with Gasteiger partial charge in [-0.15, -0.1) is 0 Å². The topological polar surface area (TPSA) is 131 Å². The number of benzene rings is 2. The molecule has 2 saturated heterocycles. The molecule has 0 radical (unpaired) electrons. The van der Waals surface area contributed by atoms with E-state index in [1.165, 1.54) is 40.7 Å². The van der Waals surface area contributed by atoms with Crippen molar-refractivity contribution in [3.05, 3.63) is 58.1 Å². The van der Waals surface area contributed by atoms with E-state index < -0.39 is 20.9 Å². The van der Waals surface area contributed by atoms with Crippen molar-refractivity contribution in [2.45, 2.75) is 4.90 Å². The lowest BCUT2D eigenvalue weighted by atomic mass is 10.1. The summed E-state index contributed by atoms with van der Waals surface area (Å²) in [5, 5.41) is 14.1. The summed E-state index contributed by atoms with van der Waals surface area (Å²) in [6, 6.07) is 10.2. The molecule has 12 heteroatoms. The van der Waals surface area contributed by atoms with E-state index in [-0.39, 0.29) is 29.2 Å². The van der Waals surface area contributed by atoms with Crippen molar-refractivity contribution in [1.82, 2.24) is 4.31 Å². The second-order valence-corrected chi connectivity index (χ2v) is 9.49. The van der Waals surface area contributed by atoms with Crippen molar-refractivity contribution in [2.75, 3.05) is 62.8 Å². The Kier molecular flexibility index (Phi) is 6.88. The van der Waals surface area contributed by atoms with Crippen LogP contribution in [0.1, 0.15) is 10.4 Å². The lowest BCUT2D eigenvalue weighted by molar-refractivity contribution is -0.385. The summed E-state index contributed by atoms with van der Waals surface area (Å²) >= 11 is 0. The van der Waals surface area contributed by atoms with Crippen LogP contribution in [0.25, 0.3) is 0 Å². The number of nitro benzene ring substituents is 1. The van der Waals surface area contributed by atoms with Crippen LogP contribution in [0.4, 0.5) is 17.1 Å². The van der Waals surface area contributed by atoms with Gasteiger partial charge in [-0.2, -0.15) is 4.31 Å². The molecular weight excluding hydrogens is 452 g/mol. The van der Waals surface area contributed by atoms with Crippen molar-refractivity contribution < 1.29 is 27.6 Å². The number of sulfonamides is 1. The van der Waals surface area contributed by atoms with Gasteiger partial charge >= 0.3 is 0 Å². The van der Waals surface area contributed by atoms with Gasteiger partial charge < -0.3 is 19.7 Å². The molecule has 4 rings (SSSR count). The maximum atomic E-state index is 12.9. The highest BCUT2D eigenvalue weighted by atomic mass is 32.2. The maximum Gasteiger partial charge on any atom is 0.282 e. The zero-order valence-corrected chi connectivity index (χ0v) is 18.6. The van der Waals surface area contributed by atoms with E-state index in [1.54, 1.807) is 6.07 Å². The molecule has 2 aliphatic heterocycles. The second kappa shape index (κ2) is 9.83. The second-order valence-electron chi connectivity index (χ2n) is 7.55. The van der Waals surface area contributed by atoms with Gasteiger partial charge in [-0.1, -0.05) is 0 Å². The monoisotopic (exact) mass is 476 g/mol. The summed E-state index contributed by atoms with van der Waals surface area (Å²) in [5.74, 6) is -0.652. The summed E-state index contributed by atoms with van der Waals surface area (Å²) in [6.45, 7) is 3.58. The van der Waals surface area contributed by atoms with Gasteiger partial charge in [0.25, 0.3) is 11.6 Å². The fourth-order valence-electron chi connectivity index (χ4n) is 3.73. The van der Waals surface area contributed by atoms with Crippen LogP contribution in [-0.2, 0) is 19.5 Å². The molecule has 2 aromatic carbocycles. The minimum Gasteiger partial charge on any atom is -0.379 e. The third-order valence-electron chi connectivity index (χ3n) is 5.52. The molecule has 11 nitrogen and oxygen atoms in total. The number of hydrogen-bond donors (Lipinski definition) is 1. The number of amides is 1. The fraction of sp³-hybridized carbons (Fsp3) is 0.381. The van der Waals surface area contributed by atoms with Crippen molar-refractivity contribution >= 4 is 33.0 Å². The van der Waals surface area contributed by atoms with E-state index in [0.29, 0.717) is 50.9 Å². The Bertz CT molecular complexity index is 1130. The maximum absolute atomic E-state index is 12.9. The first kappa shape index (κ1) is 23.1. The summed E-state index contributed by atoms with van der Waals surface area (Å²) in [4.78, 5) is 25.9. The third kappa shape index (κ3) is 5.14. The standard InChI is InChI=1S/C21H24N4O7S/c26-21(19-15-17(3-6-20(19)25(27)28)23-7-11-31-12-8-23)22-16-1-4-18(5-2-16)33(29,30)24-9-13-32-14-10-24/h1-6,15H,7-14H2,(H,22,26). The molecule has 0 aliphatic carbocycles. The van der Waals surface area contributed by atoms with Gasteiger partial charge in [0.1, 0.15) is 5.56 Å². The molecule has 0 atom stereocenters. The Morgan fingerprint density at radius 2 is 1.55 bits per heavy atom. The molecule has 33 heavy (non-hydrogen) atoms. The molecule has 1 amide bonds. The molecule has 0 saturated carbocycles. The largest absolute Gasteiger partial charge is 0.379 e. The average molecular weight is 477 g/mol. The molecular formula is C21H24N4O7S. The Labute approximate surface area is 191 Å². The normalized spacial score (nSPS) is 17.5. The number of morpholine rings is 2. The van der Waals surface area contributed by atoms with Gasteiger partial charge in [-0.25, -0.2) is 8.42 Å². The number of anilines is 2. The number of nitrogens with zero attached hydrogens (tertiary/aromatic N) is 3. The first-order valence-electron chi connectivity index (χ1n) is 10.5. The van der Waals surface area contributed by atoms with Crippen molar-refractivity contribution in [1.29, 1.82) is 0 Å². The minimum atomic E-state index is -3.66. The lowest BCUT2D eigenvalue weighted by Gasteiger charge is -2.29. The highest BCUT2D eigenvalue weighted by molar-refractivity contribution is 7.89. The van der Waals surface area contributed by atoms with E-state index >= 15 is 0 Å². The fourth-order valence-corrected chi connectivity index (χ4v) is 5.14. The van der Waals surface area contributed by atoms with Crippen LogP contribution >= 0.6 is 0 Å². The minimum absolute atomic E-state index is 0.0750. The Hall–Kier alpha value is -3.06. The summed E-state index contributed by atoms with van der Waals surface area (Å²) in [7, 11) is -3.66. The number of carbonyl (C=O) groups is 1. The molecule has 176 valence electrons. The average Bonchev–Trinajstić information content (AvgIpc) is 2.85. The van der Waals surface area contributed by atoms with Crippen LogP contribution in [0.15, 0.2) is 47.4 Å². The van der Waals surface area contributed by atoms with Crippen molar-refractivity contribution in [2.24, 2.45) is 0 Å². The number of nitro groups is 1. The number of rotatable bonds is 6. The number of ether oxygens (including phenoxy) is 2. The summed E-state index contributed by atoms with van der Waals surface area (Å²) in [6.07, 6.45) is 0. The number of nitrogens with one attached hydrogen (secondary N) is 1. The number of carbonyl (C=O) groups excluding carboxylic acids is 1. The van der Waals surface area contributed by atoms with Gasteiger partial charge in [0.2, 0.25) is 10.0 Å². The van der Waals surface area contributed by atoms with Crippen molar-refractivity contribution in [3.63, 3.8) is 0 Å². The summed E-state index contributed by atoms with van der Waals surface area (Å²) < 4.78 is 37.4. The quantitative estimate of drug-likeness (QED) is 0.492. The summed E-state index contributed by atoms with van der Waals surface area (Å²) in [5.41, 5.74) is 0.637. The highest BCUT2D eigenvalue weighted by Gasteiger charge is 2.27. The first-order chi connectivity index (χ1) is 15.9. The Morgan fingerprint density at radius 3 is 2.15 bits per heavy atom. The van der Waals surface area contributed by atoms with Gasteiger partial charge in [-0.05, 0) is 36.4 Å². The Morgan fingerprint density at radius 1 is 0.939 bits per heavy atom. The van der Waals surface area contributed by atoms with Gasteiger partial charge in [-0.3, -0.25) is 14.9 Å². The predicted octanol–water partition coefficient (Wildman–Crippen LogP) is 1.70. The van der Waals surface area contributed by atoms with Gasteiger partial charge in [0.05, 0.1) is 36.2 Å². The highest BCUT2D eigenvalue weighted by Crippen LogP contribution is 2.27. The van der Waals surface area contributed by atoms with E-state index in [9.17, 15) is 23.3 Å². The van der Waals surface area contributed by atoms with E-state index in [2.05, 4.69) is 5.32 Å². The van der Waals surface area contributed by atoms with Gasteiger partial charge in [0.15, 0.2) is 0 Å². The molecule has 2 fully saturated rings. The molecule has 2 heterocycles. The predicted molar refractivity (Wildman–Crippen MR) is 120 cm³/mol. The molecule has 0 bridgehead atoms. The molecule has 1 N–H and O–H groups in total. The Balaban J connectivity index is 1.53. The lowest BCUT2D eigenvalue weighted by Crippen LogP contribution is -2.40. The third-order valence-corrected chi connectivity index (χ3v) is 7.43. The van der Waals surface area contributed by atoms with Crippen LogP contribution in [0, 0.1) is 10.1 Å². The molecule has 0 spiro atoms. The number of hydrogen-bond acceptors (Lipinski definition) is 8. The molecule has 2 aliphatic rings. The smallest absolute Gasteiger partial charge is 0.282 e. The molecule has 2 aromatic rings. The van der Waals surface area contributed by atoms with Crippen LogP contribution in [0.5, 0.6) is 0 Å². The van der Waals surface area contributed by atoms with Crippen LogP contribution in [0.3, 0.4) is 0 Å². The molecule has 0 unspecified atom stereocenters. The van der Waals surface area contributed by atoms with Crippen LogP contribution in [0.2, 0.25) is 0 Å². The van der Waals surface area contributed by atoms with E-state index in [0.717, 1.165) is 0 Å².